The van der Waals surface area contributed by atoms with Gasteiger partial charge in [-0.1, -0.05) is 12.2 Å². The van der Waals surface area contributed by atoms with Crippen LogP contribution in [-0.2, 0) is 4.79 Å². The topological polar surface area (TPSA) is 32.7 Å². The van der Waals surface area contributed by atoms with E-state index in [-0.39, 0.29) is 11.6 Å². The molecule has 1 rings (SSSR count). The molecule has 0 spiro atoms. The van der Waals surface area contributed by atoms with Gasteiger partial charge in [-0.25, -0.2) is 4.79 Å². The van der Waals surface area contributed by atoms with Gasteiger partial charge < -0.3 is 0 Å². The van der Waals surface area contributed by atoms with Gasteiger partial charge >= 0.3 is 0 Å². The van der Waals surface area contributed by atoms with Crippen LogP contribution in [0, 0.1) is 0 Å². The van der Waals surface area contributed by atoms with E-state index < -0.39 is 0 Å². The molecule has 0 radical (unpaired) electrons. The molecule has 0 aromatic carbocycles. The molecule has 1 aliphatic rings. The minimum atomic E-state index is -0.0772. The molecule has 0 bridgehead atoms. The maximum Gasteiger partial charge on any atom is 0.235 e. The Balaban J connectivity index is 2.92. The normalized spacial score (nSPS) is 28.1. The first-order valence-electron chi connectivity index (χ1n) is 4.04. The molecular weight excluding hydrogens is 152 g/mol. The molecule has 0 amide bonds. The lowest BCUT2D eigenvalue weighted by Gasteiger charge is -2.40. The summed E-state index contributed by atoms with van der Waals surface area (Å²) in [6.07, 6.45) is 5.60. The second-order valence-corrected chi connectivity index (χ2v) is 3.63. The summed E-state index contributed by atoms with van der Waals surface area (Å²) in [4.78, 5) is 16.0. The molecule has 12 heavy (non-hydrogen) atoms. The number of aliphatic imine (C=N–C) groups is 1. The van der Waals surface area contributed by atoms with E-state index >= 15 is 0 Å². The largest absolute Gasteiger partial charge is 0.295 e. The van der Waals surface area contributed by atoms with Crippen LogP contribution in [0.25, 0.3) is 0 Å². The lowest BCUT2D eigenvalue weighted by Crippen LogP contribution is -2.51. The van der Waals surface area contributed by atoms with E-state index in [0.29, 0.717) is 0 Å². The molecule has 1 aliphatic heterocycles. The van der Waals surface area contributed by atoms with E-state index in [1.165, 1.54) is 0 Å². The predicted molar refractivity (Wildman–Crippen MR) is 47.8 cm³/mol. The lowest BCUT2D eigenvalue weighted by molar-refractivity contribution is 0.148. The first-order chi connectivity index (χ1) is 5.59. The van der Waals surface area contributed by atoms with E-state index in [0.717, 1.165) is 6.54 Å². The van der Waals surface area contributed by atoms with Gasteiger partial charge in [0.1, 0.15) is 0 Å². The van der Waals surface area contributed by atoms with Crippen LogP contribution in [-0.4, -0.2) is 36.2 Å². The van der Waals surface area contributed by atoms with Gasteiger partial charge in [0.2, 0.25) is 6.08 Å². The predicted octanol–water partition coefficient (Wildman–Crippen LogP) is 0.971. The molecule has 0 aromatic rings. The van der Waals surface area contributed by atoms with Gasteiger partial charge in [-0.3, -0.25) is 4.90 Å². The fourth-order valence-electron chi connectivity index (χ4n) is 1.30. The van der Waals surface area contributed by atoms with Crippen molar-refractivity contribution < 1.29 is 4.79 Å². The summed E-state index contributed by atoms with van der Waals surface area (Å²) in [6, 6.07) is -0.0613. The third kappa shape index (κ3) is 1.47. The summed E-state index contributed by atoms with van der Waals surface area (Å²) in [5, 5.41) is 0. The highest BCUT2D eigenvalue weighted by molar-refractivity contribution is 5.35. The molecule has 66 valence electrons. The molecule has 1 heterocycles. The van der Waals surface area contributed by atoms with Crippen LogP contribution in [0.3, 0.4) is 0 Å². The Hall–Kier alpha value is -0.920. The van der Waals surface area contributed by atoms with E-state index in [1.807, 2.05) is 19.2 Å². The summed E-state index contributed by atoms with van der Waals surface area (Å²) < 4.78 is 0. The summed E-state index contributed by atoms with van der Waals surface area (Å²) in [5.74, 6) is 0. The van der Waals surface area contributed by atoms with Crippen LogP contribution in [0.5, 0.6) is 0 Å². The molecular formula is C9H14N2O. The maximum absolute atomic E-state index is 10.1. The molecule has 0 N–H and O–H groups in total. The van der Waals surface area contributed by atoms with E-state index in [2.05, 4.69) is 23.7 Å². The van der Waals surface area contributed by atoms with Crippen molar-refractivity contribution in [3.8, 4) is 0 Å². The Kier molecular flexibility index (Phi) is 2.46. The molecule has 1 atom stereocenters. The molecule has 0 saturated heterocycles. The Morgan fingerprint density at radius 1 is 1.67 bits per heavy atom. The zero-order valence-corrected chi connectivity index (χ0v) is 7.74. The molecule has 1 unspecified atom stereocenters. The van der Waals surface area contributed by atoms with Gasteiger partial charge in [-0.2, -0.15) is 4.99 Å². The summed E-state index contributed by atoms with van der Waals surface area (Å²) in [6.45, 7) is 5.06. The Bertz CT molecular complexity index is 239. The van der Waals surface area contributed by atoms with Crippen molar-refractivity contribution in [3.05, 3.63) is 12.2 Å². The Morgan fingerprint density at radius 2 is 2.33 bits per heavy atom. The summed E-state index contributed by atoms with van der Waals surface area (Å²) in [7, 11) is 2.02. The van der Waals surface area contributed by atoms with Crippen LogP contribution in [0.1, 0.15) is 13.8 Å². The molecule has 0 fully saturated rings. The summed E-state index contributed by atoms with van der Waals surface area (Å²) in [5.41, 5.74) is -0.0772. The Labute approximate surface area is 72.8 Å². The fraction of sp³-hybridized carbons (Fsp3) is 0.667. The lowest BCUT2D eigenvalue weighted by atomic mass is 9.90. The third-order valence-electron chi connectivity index (χ3n) is 2.60. The van der Waals surface area contributed by atoms with Gasteiger partial charge in [0.25, 0.3) is 0 Å². The highest BCUT2D eigenvalue weighted by Crippen LogP contribution is 2.24. The second-order valence-electron chi connectivity index (χ2n) is 3.63. The standard InChI is InChI=1S/C9H14N2O/c1-9(2)8(10-7-12)5-4-6-11(9)3/h4-5,8H,6H2,1-3H3. The number of nitrogens with zero attached hydrogens (tertiary/aromatic N) is 2. The van der Waals surface area contributed by atoms with Crippen molar-refractivity contribution >= 4 is 6.08 Å². The monoisotopic (exact) mass is 166 g/mol. The van der Waals surface area contributed by atoms with Gasteiger partial charge in [-0.15, -0.1) is 0 Å². The van der Waals surface area contributed by atoms with Crippen LogP contribution in [0.15, 0.2) is 17.1 Å². The number of likely N-dealkylation sites (N-methyl/N-ethyl adjacent to an activating group) is 1. The highest BCUT2D eigenvalue weighted by Gasteiger charge is 2.33. The number of hydrogen-bond donors (Lipinski definition) is 0. The van der Waals surface area contributed by atoms with E-state index in [9.17, 15) is 4.79 Å². The molecule has 3 heteroatoms. The van der Waals surface area contributed by atoms with Crippen molar-refractivity contribution in [3.63, 3.8) is 0 Å². The third-order valence-corrected chi connectivity index (χ3v) is 2.60. The van der Waals surface area contributed by atoms with Crippen LogP contribution >= 0.6 is 0 Å². The maximum atomic E-state index is 10.1. The minimum absolute atomic E-state index is 0.0613. The summed E-state index contributed by atoms with van der Waals surface area (Å²) >= 11 is 0. The van der Waals surface area contributed by atoms with Crippen LogP contribution < -0.4 is 0 Å². The number of hydrogen-bond acceptors (Lipinski definition) is 3. The molecule has 3 nitrogen and oxygen atoms in total. The van der Waals surface area contributed by atoms with E-state index in [1.54, 1.807) is 6.08 Å². The molecule has 0 aromatic heterocycles. The SMILES string of the molecule is CN1CC=CC(N=C=O)C1(C)C. The quantitative estimate of drug-likeness (QED) is 0.330. The van der Waals surface area contributed by atoms with E-state index in [4.69, 9.17) is 0 Å². The molecule has 0 saturated carbocycles. The zero-order chi connectivity index (χ0) is 9.19. The average molecular weight is 166 g/mol. The number of rotatable bonds is 1. The van der Waals surface area contributed by atoms with Crippen molar-refractivity contribution in [1.29, 1.82) is 0 Å². The second kappa shape index (κ2) is 3.21. The first kappa shape index (κ1) is 9.17. The number of isocyanates is 1. The van der Waals surface area contributed by atoms with Crippen molar-refractivity contribution in [1.82, 2.24) is 4.90 Å². The average Bonchev–Trinajstić information content (AvgIpc) is 2.00. The highest BCUT2D eigenvalue weighted by atomic mass is 16.1. The van der Waals surface area contributed by atoms with Crippen molar-refractivity contribution in [2.75, 3.05) is 13.6 Å². The van der Waals surface area contributed by atoms with Gasteiger partial charge in [0, 0.05) is 12.1 Å². The van der Waals surface area contributed by atoms with Gasteiger partial charge in [0.05, 0.1) is 6.04 Å². The van der Waals surface area contributed by atoms with Crippen molar-refractivity contribution in [2.45, 2.75) is 25.4 Å². The van der Waals surface area contributed by atoms with Crippen LogP contribution in [0.2, 0.25) is 0 Å². The first-order valence-corrected chi connectivity index (χ1v) is 4.04. The van der Waals surface area contributed by atoms with Crippen molar-refractivity contribution in [2.24, 2.45) is 4.99 Å². The fourth-order valence-corrected chi connectivity index (χ4v) is 1.30. The Morgan fingerprint density at radius 3 is 2.92 bits per heavy atom. The zero-order valence-electron chi connectivity index (χ0n) is 7.74. The van der Waals surface area contributed by atoms with Crippen LogP contribution in [0.4, 0.5) is 0 Å². The minimum Gasteiger partial charge on any atom is -0.295 e. The van der Waals surface area contributed by atoms with Gasteiger partial charge in [-0.05, 0) is 20.9 Å². The van der Waals surface area contributed by atoms with Gasteiger partial charge in [0.15, 0.2) is 0 Å². The number of carbonyl (C=O) groups excluding carboxylic acids is 1. The smallest absolute Gasteiger partial charge is 0.235 e. The molecule has 0 aliphatic carbocycles.